The van der Waals surface area contributed by atoms with Crippen molar-refractivity contribution in [3.63, 3.8) is 0 Å². The summed E-state index contributed by atoms with van der Waals surface area (Å²) in [5.74, 6) is 5.32. The Kier molecular flexibility index (Phi) is 5.53. The molecule has 5 heteroatoms. The molecule has 4 saturated carbocycles. The number of ether oxygens (including phenoxy) is 2. The minimum atomic E-state index is 0.466. The molecule has 1 aromatic carbocycles. The van der Waals surface area contributed by atoms with Crippen molar-refractivity contribution < 1.29 is 9.47 Å². The summed E-state index contributed by atoms with van der Waals surface area (Å²) in [6, 6.07) is 8.88. The molecule has 4 fully saturated rings. The summed E-state index contributed by atoms with van der Waals surface area (Å²) < 4.78 is 12.6. The van der Waals surface area contributed by atoms with Gasteiger partial charge in [-0.2, -0.15) is 0 Å². The van der Waals surface area contributed by atoms with Gasteiger partial charge in [0.25, 0.3) is 0 Å². The summed E-state index contributed by atoms with van der Waals surface area (Å²) in [4.78, 5) is 4.14. The number of nitrogens with zero attached hydrogens (tertiary/aromatic N) is 1. The molecule has 6 rings (SSSR count). The monoisotopic (exact) mass is 456 g/mol. The molecule has 4 nitrogen and oxygen atoms in total. The summed E-state index contributed by atoms with van der Waals surface area (Å²) in [5.41, 5.74) is 2.27. The number of aromatic nitrogens is 1. The van der Waals surface area contributed by atoms with Crippen LogP contribution in [0.4, 0.5) is 0 Å². The average molecular weight is 457 g/mol. The number of rotatable bonds is 7. The summed E-state index contributed by atoms with van der Waals surface area (Å²) in [5, 5.41) is 3.91. The zero-order valence-electron chi connectivity index (χ0n) is 16.9. The number of hydrogen-bond donors (Lipinski definition) is 1. The zero-order valence-corrected chi connectivity index (χ0v) is 18.5. The number of hydrogen-bond acceptors (Lipinski definition) is 4. The zero-order chi connectivity index (χ0) is 19.8. The first-order chi connectivity index (χ1) is 14.2. The number of nitrogens with one attached hydrogen (secondary N) is 1. The Morgan fingerprint density at radius 3 is 2.48 bits per heavy atom. The van der Waals surface area contributed by atoms with E-state index in [1.807, 2.05) is 18.3 Å². The molecular weight excluding hydrogens is 428 g/mol. The largest absolute Gasteiger partial charge is 0.493 e. The van der Waals surface area contributed by atoms with Crippen molar-refractivity contribution in [2.24, 2.45) is 23.7 Å². The van der Waals surface area contributed by atoms with E-state index in [4.69, 9.17) is 9.47 Å². The molecule has 1 aromatic heterocycles. The van der Waals surface area contributed by atoms with E-state index in [0.29, 0.717) is 12.6 Å². The van der Waals surface area contributed by atoms with Gasteiger partial charge >= 0.3 is 0 Å². The van der Waals surface area contributed by atoms with E-state index in [1.165, 1.54) is 37.7 Å². The fourth-order valence-electron chi connectivity index (χ4n) is 6.15. The Bertz CT molecular complexity index is 829. The number of halogens is 1. The van der Waals surface area contributed by atoms with Crippen LogP contribution in [0.1, 0.15) is 43.2 Å². The van der Waals surface area contributed by atoms with Gasteiger partial charge in [-0.15, -0.1) is 0 Å². The van der Waals surface area contributed by atoms with Crippen LogP contribution in [0.15, 0.2) is 41.1 Å². The van der Waals surface area contributed by atoms with E-state index in [1.54, 1.807) is 13.3 Å². The van der Waals surface area contributed by atoms with Gasteiger partial charge in [-0.25, -0.2) is 0 Å². The molecule has 4 aliphatic rings. The molecule has 2 aromatic rings. The fourth-order valence-corrected chi connectivity index (χ4v) is 6.75. The summed E-state index contributed by atoms with van der Waals surface area (Å²) in [6.45, 7) is 1.35. The molecule has 0 radical (unpaired) electrons. The Morgan fingerprint density at radius 1 is 1.07 bits per heavy atom. The number of pyridine rings is 1. The van der Waals surface area contributed by atoms with E-state index in [-0.39, 0.29) is 0 Å². The Hall–Kier alpha value is -1.59. The van der Waals surface area contributed by atoms with Crippen molar-refractivity contribution in [3.8, 4) is 11.5 Å². The van der Waals surface area contributed by atoms with Gasteiger partial charge in [0.05, 0.1) is 11.6 Å². The summed E-state index contributed by atoms with van der Waals surface area (Å²) >= 11 is 3.69. The van der Waals surface area contributed by atoms with E-state index < -0.39 is 0 Å². The van der Waals surface area contributed by atoms with Crippen LogP contribution >= 0.6 is 15.9 Å². The van der Waals surface area contributed by atoms with E-state index in [2.05, 4.69) is 38.4 Å². The average Bonchev–Trinajstić information content (AvgIpc) is 2.72. The highest BCUT2D eigenvalue weighted by Crippen LogP contribution is 2.53. The van der Waals surface area contributed by atoms with Crippen LogP contribution in [0.25, 0.3) is 0 Å². The number of methoxy groups -OCH3 is 1. The molecule has 1 N–H and O–H groups in total. The third-order valence-corrected chi connectivity index (χ3v) is 7.75. The van der Waals surface area contributed by atoms with Gasteiger partial charge in [-0.3, -0.25) is 4.98 Å². The molecule has 29 heavy (non-hydrogen) atoms. The third-order valence-electron chi connectivity index (χ3n) is 7.16. The first-order valence-corrected chi connectivity index (χ1v) is 11.6. The Labute approximate surface area is 181 Å². The van der Waals surface area contributed by atoms with E-state index in [0.717, 1.165) is 51.8 Å². The maximum absolute atomic E-state index is 6.04. The molecule has 0 atom stereocenters. The van der Waals surface area contributed by atoms with Gasteiger partial charge < -0.3 is 14.8 Å². The van der Waals surface area contributed by atoms with Crippen LogP contribution in [0.5, 0.6) is 11.5 Å². The predicted octanol–water partition coefficient (Wildman–Crippen LogP) is 5.35. The lowest BCUT2D eigenvalue weighted by Crippen LogP contribution is -2.54. The van der Waals surface area contributed by atoms with Gasteiger partial charge in [0, 0.05) is 30.5 Å². The smallest absolute Gasteiger partial charge is 0.175 e. The highest BCUT2D eigenvalue weighted by atomic mass is 79.9. The van der Waals surface area contributed by atoms with Crippen molar-refractivity contribution in [3.05, 3.63) is 52.3 Å². The second-order valence-electron chi connectivity index (χ2n) is 9.10. The molecule has 4 aliphatic carbocycles. The quantitative estimate of drug-likeness (QED) is 0.609. The third kappa shape index (κ3) is 4.04. The predicted molar refractivity (Wildman–Crippen MR) is 117 cm³/mol. The molecular formula is C24H29BrN2O2. The lowest BCUT2D eigenvalue weighted by Gasteiger charge is -2.54. The first-order valence-electron chi connectivity index (χ1n) is 10.8. The van der Waals surface area contributed by atoms with Crippen molar-refractivity contribution in [1.82, 2.24) is 10.3 Å². The molecule has 4 bridgehead atoms. The van der Waals surface area contributed by atoms with Gasteiger partial charge in [0.2, 0.25) is 0 Å². The maximum Gasteiger partial charge on any atom is 0.175 e. The lowest BCUT2D eigenvalue weighted by atomic mass is 9.54. The highest BCUT2D eigenvalue weighted by molar-refractivity contribution is 9.10. The minimum Gasteiger partial charge on any atom is -0.493 e. The van der Waals surface area contributed by atoms with Crippen LogP contribution in [0.3, 0.4) is 0 Å². The van der Waals surface area contributed by atoms with Crippen molar-refractivity contribution in [2.75, 3.05) is 7.11 Å². The highest BCUT2D eigenvalue weighted by Gasteiger charge is 2.47. The Morgan fingerprint density at radius 2 is 1.83 bits per heavy atom. The SMILES string of the molecule is COc1cc(CNC2C3CC4CC(C3)CC2C4)cc(Br)c1OCc1cccnc1. The fraction of sp³-hybridized carbons (Fsp3) is 0.542. The summed E-state index contributed by atoms with van der Waals surface area (Å²) in [6.07, 6.45) is 10.9. The molecule has 0 unspecified atom stereocenters. The topological polar surface area (TPSA) is 43.4 Å². The van der Waals surface area contributed by atoms with Crippen LogP contribution in [-0.2, 0) is 13.2 Å². The van der Waals surface area contributed by atoms with E-state index >= 15 is 0 Å². The first kappa shape index (κ1) is 19.4. The maximum atomic E-state index is 6.04. The summed E-state index contributed by atoms with van der Waals surface area (Å²) in [7, 11) is 1.70. The molecule has 154 valence electrons. The standard InChI is InChI=1S/C24H29BrN2O2/c1-28-22-11-18(10-21(25)24(22)29-14-15-3-2-4-26-12-15)13-27-23-19-6-16-5-17(8-19)9-20(23)7-16/h2-4,10-12,16-17,19-20,23,27H,5-9,13-14H2,1H3. The second-order valence-corrected chi connectivity index (χ2v) is 9.95. The van der Waals surface area contributed by atoms with Gasteiger partial charge in [0.1, 0.15) is 6.61 Å². The van der Waals surface area contributed by atoms with Crippen molar-refractivity contribution in [1.29, 1.82) is 0 Å². The second kappa shape index (κ2) is 8.27. The van der Waals surface area contributed by atoms with Gasteiger partial charge in [-0.05, 0) is 95.5 Å². The molecule has 0 spiro atoms. The van der Waals surface area contributed by atoms with Crippen LogP contribution in [0.2, 0.25) is 0 Å². The molecule has 1 heterocycles. The van der Waals surface area contributed by atoms with Crippen LogP contribution in [-0.4, -0.2) is 18.1 Å². The normalized spacial score (nSPS) is 29.8. The van der Waals surface area contributed by atoms with Gasteiger partial charge in [0.15, 0.2) is 11.5 Å². The van der Waals surface area contributed by atoms with Crippen LogP contribution < -0.4 is 14.8 Å². The minimum absolute atomic E-state index is 0.466. The van der Waals surface area contributed by atoms with Crippen LogP contribution in [0, 0.1) is 23.7 Å². The Balaban J connectivity index is 1.26. The molecule has 0 saturated heterocycles. The molecule has 0 amide bonds. The lowest BCUT2D eigenvalue weighted by molar-refractivity contribution is -0.0142. The molecule has 0 aliphatic heterocycles. The number of benzene rings is 1. The van der Waals surface area contributed by atoms with E-state index in [9.17, 15) is 0 Å². The van der Waals surface area contributed by atoms with Crippen molar-refractivity contribution in [2.45, 2.75) is 51.3 Å². The van der Waals surface area contributed by atoms with Gasteiger partial charge in [-0.1, -0.05) is 6.07 Å². The van der Waals surface area contributed by atoms with Crippen molar-refractivity contribution >= 4 is 15.9 Å².